The Bertz CT molecular complexity index is 1050. The largest absolute Gasteiger partial charge is 0.478 e. The summed E-state index contributed by atoms with van der Waals surface area (Å²) in [5, 5.41) is 8.50. The second-order valence-corrected chi connectivity index (χ2v) is 7.93. The number of rotatable bonds is 5. The highest BCUT2D eigenvalue weighted by molar-refractivity contribution is 8.18. The van der Waals surface area contributed by atoms with Crippen molar-refractivity contribution < 1.29 is 28.7 Å². The summed E-state index contributed by atoms with van der Waals surface area (Å²) in [4.78, 5) is 50.9. The molecule has 2 aliphatic heterocycles. The van der Waals surface area contributed by atoms with Gasteiger partial charge >= 0.3 is 5.97 Å². The van der Waals surface area contributed by atoms with Crippen molar-refractivity contribution in [1.82, 2.24) is 9.80 Å². The Labute approximate surface area is 176 Å². The van der Waals surface area contributed by atoms with Gasteiger partial charge in [0.1, 0.15) is 18.1 Å². The van der Waals surface area contributed by atoms with Crippen molar-refractivity contribution in [2.45, 2.75) is 12.8 Å². The fourth-order valence-electron chi connectivity index (χ4n) is 3.33. The van der Waals surface area contributed by atoms with Gasteiger partial charge in [0.15, 0.2) is 0 Å². The molecule has 0 spiro atoms. The molecule has 8 nitrogen and oxygen atoms in total. The monoisotopic (exact) mass is 426 g/mol. The summed E-state index contributed by atoms with van der Waals surface area (Å²) in [6.07, 6.45) is 3.35. The molecule has 2 aliphatic rings. The molecular formula is C21H18N2O6S. The molecule has 1 aromatic carbocycles. The fourth-order valence-corrected chi connectivity index (χ4v) is 4.15. The Hall–Kier alpha value is -3.33. The topological polar surface area (TPSA) is 108 Å². The SMILES string of the molecule is O=C(O)c1ccc(-c2ccc(/C=C3\SC(=O)N(CC(=O)N4CCCC4)C3=O)o2)cc1. The van der Waals surface area contributed by atoms with E-state index < -0.39 is 17.1 Å². The van der Waals surface area contributed by atoms with Crippen LogP contribution in [0.15, 0.2) is 45.7 Å². The van der Waals surface area contributed by atoms with Crippen molar-refractivity contribution >= 4 is 40.9 Å². The minimum absolute atomic E-state index is 0.169. The van der Waals surface area contributed by atoms with E-state index in [1.807, 2.05) is 0 Å². The zero-order valence-corrected chi connectivity index (χ0v) is 16.7. The zero-order chi connectivity index (χ0) is 21.3. The van der Waals surface area contributed by atoms with Crippen LogP contribution in [0.25, 0.3) is 17.4 Å². The van der Waals surface area contributed by atoms with Crippen LogP contribution in [0, 0.1) is 0 Å². The van der Waals surface area contributed by atoms with Crippen molar-refractivity contribution in [3.63, 3.8) is 0 Å². The normalized spacial score (nSPS) is 17.9. The average Bonchev–Trinajstić information content (AvgIpc) is 3.47. The number of carboxylic acids is 1. The van der Waals surface area contributed by atoms with Crippen molar-refractivity contribution in [2.24, 2.45) is 0 Å². The predicted octanol–water partition coefficient (Wildman–Crippen LogP) is 3.30. The second-order valence-electron chi connectivity index (χ2n) is 6.94. The van der Waals surface area contributed by atoms with Gasteiger partial charge in [-0.05, 0) is 48.9 Å². The van der Waals surface area contributed by atoms with E-state index in [9.17, 15) is 19.2 Å². The maximum absolute atomic E-state index is 12.6. The van der Waals surface area contributed by atoms with Gasteiger partial charge in [-0.1, -0.05) is 12.1 Å². The van der Waals surface area contributed by atoms with Gasteiger partial charge < -0.3 is 14.4 Å². The summed E-state index contributed by atoms with van der Waals surface area (Å²) in [6, 6.07) is 9.56. The molecule has 0 unspecified atom stereocenters. The molecular weight excluding hydrogens is 408 g/mol. The van der Waals surface area contributed by atoms with Crippen LogP contribution in [-0.4, -0.2) is 57.6 Å². The molecule has 0 radical (unpaired) electrons. The third kappa shape index (κ3) is 4.02. The molecule has 0 atom stereocenters. The minimum atomic E-state index is -1.01. The number of furan rings is 1. The van der Waals surface area contributed by atoms with Crippen LogP contribution >= 0.6 is 11.8 Å². The number of aromatic carboxylic acids is 1. The molecule has 1 aromatic heterocycles. The van der Waals surface area contributed by atoms with Crippen LogP contribution in [0.5, 0.6) is 0 Å². The first-order valence-electron chi connectivity index (χ1n) is 9.39. The number of benzene rings is 1. The summed E-state index contributed by atoms with van der Waals surface area (Å²) < 4.78 is 5.72. The first kappa shape index (κ1) is 20.0. The molecule has 0 aliphatic carbocycles. The van der Waals surface area contributed by atoms with E-state index in [-0.39, 0.29) is 22.9 Å². The molecule has 4 rings (SSSR count). The van der Waals surface area contributed by atoms with Crippen LogP contribution in [0.1, 0.15) is 29.0 Å². The van der Waals surface area contributed by atoms with Crippen LogP contribution < -0.4 is 0 Å². The van der Waals surface area contributed by atoms with Gasteiger partial charge in [-0.2, -0.15) is 0 Å². The number of thioether (sulfide) groups is 1. The standard InChI is InChI=1S/C21H18N2O6S/c24-18(22-9-1-2-10-22)12-23-19(25)17(30-21(23)28)11-15-7-8-16(29-15)13-3-5-14(6-4-13)20(26)27/h3-8,11H,1-2,9-10,12H2,(H,26,27)/b17-11-. The maximum Gasteiger partial charge on any atom is 0.335 e. The highest BCUT2D eigenvalue weighted by Gasteiger charge is 2.37. The Balaban J connectivity index is 1.47. The van der Waals surface area contributed by atoms with E-state index in [1.165, 1.54) is 18.2 Å². The number of likely N-dealkylation sites (tertiary alicyclic amines) is 1. The number of hydrogen-bond donors (Lipinski definition) is 1. The molecule has 3 heterocycles. The number of hydrogen-bond acceptors (Lipinski definition) is 6. The van der Waals surface area contributed by atoms with Crippen molar-refractivity contribution in [3.8, 4) is 11.3 Å². The summed E-state index contributed by atoms with van der Waals surface area (Å²) >= 11 is 0.774. The molecule has 2 saturated heterocycles. The smallest absolute Gasteiger partial charge is 0.335 e. The third-order valence-corrected chi connectivity index (χ3v) is 5.85. The lowest BCUT2D eigenvalue weighted by molar-refractivity contribution is -0.135. The van der Waals surface area contributed by atoms with E-state index in [1.54, 1.807) is 29.2 Å². The first-order valence-corrected chi connectivity index (χ1v) is 10.2. The Morgan fingerprint density at radius 2 is 1.77 bits per heavy atom. The summed E-state index contributed by atoms with van der Waals surface area (Å²) in [5.41, 5.74) is 0.853. The Kier molecular flexibility index (Phi) is 5.45. The Morgan fingerprint density at radius 3 is 2.43 bits per heavy atom. The number of nitrogens with zero attached hydrogens (tertiary/aromatic N) is 2. The van der Waals surface area contributed by atoms with Gasteiger partial charge in [-0.25, -0.2) is 4.79 Å². The molecule has 154 valence electrons. The quantitative estimate of drug-likeness (QED) is 0.731. The number of amides is 3. The highest BCUT2D eigenvalue weighted by atomic mass is 32.2. The van der Waals surface area contributed by atoms with Gasteiger partial charge in [0.05, 0.1) is 10.5 Å². The van der Waals surface area contributed by atoms with Crippen LogP contribution in [0.4, 0.5) is 4.79 Å². The van der Waals surface area contributed by atoms with E-state index in [0.717, 1.165) is 29.5 Å². The van der Waals surface area contributed by atoms with Crippen LogP contribution in [0.2, 0.25) is 0 Å². The van der Waals surface area contributed by atoms with Gasteiger partial charge in [0.25, 0.3) is 11.1 Å². The van der Waals surface area contributed by atoms with E-state index in [2.05, 4.69) is 0 Å². The molecule has 30 heavy (non-hydrogen) atoms. The summed E-state index contributed by atoms with van der Waals surface area (Å²) in [5.74, 6) is -0.867. The zero-order valence-electron chi connectivity index (χ0n) is 15.9. The van der Waals surface area contributed by atoms with Gasteiger partial charge in [-0.15, -0.1) is 0 Å². The molecule has 0 saturated carbocycles. The molecule has 9 heteroatoms. The first-order chi connectivity index (χ1) is 14.4. The third-order valence-electron chi connectivity index (χ3n) is 4.94. The van der Waals surface area contributed by atoms with Crippen molar-refractivity contribution in [1.29, 1.82) is 0 Å². The Morgan fingerprint density at radius 1 is 1.07 bits per heavy atom. The lowest BCUT2D eigenvalue weighted by Gasteiger charge is -2.18. The minimum Gasteiger partial charge on any atom is -0.478 e. The fraction of sp³-hybridized carbons (Fsp3) is 0.238. The number of carboxylic acid groups (broad SMARTS) is 1. The van der Waals surface area contributed by atoms with Crippen LogP contribution in [-0.2, 0) is 9.59 Å². The molecule has 2 aromatic rings. The summed E-state index contributed by atoms with van der Waals surface area (Å²) in [7, 11) is 0. The van der Waals surface area contributed by atoms with Crippen LogP contribution in [0.3, 0.4) is 0 Å². The van der Waals surface area contributed by atoms with E-state index >= 15 is 0 Å². The molecule has 3 amide bonds. The molecule has 1 N–H and O–H groups in total. The number of carbonyl (C=O) groups is 4. The second kappa shape index (κ2) is 8.19. The highest BCUT2D eigenvalue weighted by Crippen LogP contribution is 2.33. The van der Waals surface area contributed by atoms with Gasteiger partial charge in [0, 0.05) is 24.7 Å². The number of carbonyl (C=O) groups excluding carboxylic acids is 3. The van der Waals surface area contributed by atoms with Gasteiger partial charge in [-0.3, -0.25) is 19.3 Å². The van der Waals surface area contributed by atoms with E-state index in [4.69, 9.17) is 9.52 Å². The summed E-state index contributed by atoms with van der Waals surface area (Å²) in [6.45, 7) is 1.07. The predicted molar refractivity (Wildman–Crippen MR) is 110 cm³/mol. The van der Waals surface area contributed by atoms with E-state index in [0.29, 0.717) is 30.2 Å². The van der Waals surface area contributed by atoms with Crippen molar-refractivity contribution in [3.05, 3.63) is 52.6 Å². The molecule has 2 fully saturated rings. The van der Waals surface area contributed by atoms with Gasteiger partial charge in [0.2, 0.25) is 5.91 Å². The lowest BCUT2D eigenvalue weighted by Crippen LogP contribution is -2.40. The average molecular weight is 426 g/mol. The maximum atomic E-state index is 12.6. The molecule has 0 bridgehead atoms. The number of imide groups is 1. The van der Waals surface area contributed by atoms with Crippen molar-refractivity contribution in [2.75, 3.05) is 19.6 Å². The lowest BCUT2D eigenvalue weighted by atomic mass is 10.1.